The van der Waals surface area contributed by atoms with Gasteiger partial charge >= 0.3 is 0 Å². The van der Waals surface area contributed by atoms with Gasteiger partial charge in [-0.2, -0.15) is 11.8 Å². The van der Waals surface area contributed by atoms with Gasteiger partial charge in [0.15, 0.2) is 0 Å². The third-order valence-corrected chi connectivity index (χ3v) is 5.63. The normalized spacial score (nSPS) is 22.7. The molecule has 2 aromatic rings. The molecule has 0 saturated carbocycles. The second-order valence-corrected chi connectivity index (χ2v) is 7.18. The van der Waals surface area contributed by atoms with Crippen molar-refractivity contribution in [3.8, 4) is 0 Å². The summed E-state index contributed by atoms with van der Waals surface area (Å²) < 4.78 is 0. The molecule has 1 aromatic heterocycles. The molecule has 3 nitrogen and oxygen atoms in total. The van der Waals surface area contributed by atoms with Gasteiger partial charge in [-0.3, -0.25) is 0 Å². The van der Waals surface area contributed by atoms with Crippen molar-refractivity contribution in [2.45, 2.75) is 31.7 Å². The molecule has 2 unspecified atom stereocenters. The van der Waals surface area contributed by atoms with E-state index in [4.69, 9.17) is 4.98 Å². The minimum atomic E-state index is 0.518. The number of nitrogens with one attached hydrogen (secondary N) is 1. The van der Waals surface area contributed by atoms with Crippen molar-refractivity contribution in [1.29, 1.82) is 0 Å². The summed E-state index contributed by atoms with van der Waals surface area (Å²) in [4.78, 5) is 7.44. The summed E-state index contributed by atoms with van der Waals surface area (Å²) in [6.45, 7) is 6.53. The summed E-state index contributed by atoms with van der Waals surface area (Å²) in [5.41, 5.74) is 1.12. The van der Waals surface area contributed by atoms with E-state index in [9.17, 15) is 0 Å². The van der Waals surface area contributed by atoms with Gasteiger partial charge in [0.05, 0.1) is 5.69 Å². The lowest BCUT2D eigenvalue weighted by atomic mass is 10.1. The van der Waals surface area contributed by atoms with Crippen LogP contribution in [0, 0.1) is 0 Å². The maximum atomic E-state index is 4.95. The van der Waals surface area contributed by atoms with Crippen LogP contribution in [0.4, 0.5) is 5.82 Å². The Hall–Kier alpha value is -1.26. The molecule has 1 saturated heterocycles. The maximum Gasteiger partial charge on any atom is 0.137 e. The van der Waals surface area contributed by atoms with Gasteiger partial charge in [0.25, 0.3) is 0 Å². The van der Waals surface area contributed by atoms with Crippen LogP contribution in [0.5, 0.6) is 0 Å². The van der Waals surface area contributed by atoms with Gasteiger partial charge < -0.3 is 10.2 Å². The lowest BCUT2D eigenvalue weighted by Gasteiger charge is -2.39. The summed E-state index contributed by atoms with van der Waals surface area (Å²) in [6.07, 6.45) is 0. The third kappa shape index (κ3) is 2.87. The van der Waals surface area contributed by atoms with Crippen molar-refractivity contribution in [3.63, 3.8) is 0 Å². The molecule has 0 radical (unpaired) electrons. The minimum absolute atomic E-state index is 0.518. The number of anilines is 1. The van der Waals surface area contributed by atoms with E-state index in [0.717, 1.165) is 24.6 Å². The molecule has 1 N–H and O–H groups in total. The number of hydrogen-bond acceptors (Lipinski definition) is 4. The summed E-state index contributed by atoms with van der Waals surface area (Å²) in [5.74, 6) is 2.33. The van der Waals surface area contributed by atoms with Gasteiger partial charge in [0, 0.05) is 35.5 Å². The Balaban J connectivity index is 2.10. The number of pyridine rings is 1. The van der Waals surface area contributed by atoms with Crippen LogP contribution in [0.25, 0.3) is 10.8 Å². The third-order valence-electron chi connectivity index (χ3n) is 4.29. The van der Waals surface area contributed by atoms with Crippen LogP contribution in [0.1, 0.15) is 19.5 Å². The zero-order chi connectivity index (χ0) is 14.8. The number of benzene rings is 1. The first-order chi connectivity index (χ1) is 10.2. The van der Waals surface area contributed by atoms with Crippen molar-refractivity contribution >= 4 is 28.4 Å². The fraction of sp³-hybridized carbons (Fsp3) is 0.471. The highest BCUT2D eigenvalue weighted by atomic mass is 32.2. The Kier molecular flexibility index (Phi) is 4.36. The fourth-order valence-corrected chi connectivity index (χ4v) is 4.06. The molecular formula is C17H23N3S. The predicted octanol–water partition coefficient (Wildman–Crippen LogP) is 3.28. The second-order valence-electron chi connectivity index (χ2n) is 5.70. The van der Waals surface area contributed by atoms with Crippen LogP contribution >= 0.6 is 11.8 Å². The van der Waals surface area contributed by atoms with E-state index in [-0.39, 0.29) is 0 Å². The number of aromatic nitrogens is 1. The molecule has 0 bridgehead atoms. The van der Waals surface area contributed by atoms with Crippen LogP contribution in [0.15, 0.2) is 30.3 Å². The molecule has 0 spiro atoms. The van der Waals surface area contributed by atoms with Gasteiger partial charge in [-0.25, -0.2) is 4.98 Å². The Morgan fingerprint density at radius 2 is 2.14 bits per heavy atom. The minimum Gasteiger partial charge on any atom is -0.351 e. The molecule has 2 atom stereocenters. The first-order valence-electron chi connectivity index (χ1n) is 7.62. The molecule has 112 valence electrons. The van der Waals surface area contributed by atoms with E-state index in [0.29, 0.717) is 11.3 Å². The molecule has 2 heterocycles. The van der Waals surface area contributed by atoms with E-state index in [1.807, 2.05) is 7.05 Å². The molecular weight excluding hydrogens is 278 g/mol. The number of fused-ring (bicyclic) bond motifs is 1. The number of rotatable bonds is 3. The summed E-state index contributed by atoms with van der Waals surface area (Å²) in [5, 5.41) is 6.41. The average Bonchev–Trinajstić information content (AvgIpc) is 2.50. The fourth-order valence-electron chi connectivity index (χ4n) is 2.96. The smallest absolute Gasteiger partial charge is 0.137 e. The van der Waals surface area contributed by atoms with Crippen molar-refractivity contribution in [3.05, 3.63) is 36.0 Å². The molecule has 4 heteroatoms. The van der Waals surface area contributed by atoms with E-state index in [2.05, 4.69) is 66.2 Å². The number of nitrogens with zero attached hydrogens (tertiary/aromatic N) is 2. The van der Waals surface area contributed by atoms with Crippen molar-refractivity contribution < 1.29 is 0 Å². The summed E-state index contributed by atoms with van der Waals surface area (Å²) >= 11 is 2.06. The monoisotopic (exact) mass is 301 g/mol. The van der Waals surface area contributed by atoms with Gasteiger partial charge in [0.1, 0.15) is 5.82 Å². The van der Waals surface area contributed by atoms with Gasteiger partial charge in [0.2, 0.25) is 0 Å². The molecule has 1 aromatic carbocycles. The maximum absolute atomic E-state index is 4.95. The molecule has 1 aliphatic rings. The lowest BCUT2D eigenvalue weighted by molar-refractivity contribution is 0.620. The Bertz CT molecular complexity index is 628. The second kappa shape index (κ2) is 6.24. The van der Waals surface area contributed by atoms with Gasteiger partial charge in [-0.05, 0) is 25.4 Å². The first kappa shape index (κ1) is 14.7. The molecule has 0 amide bonds. The van der Waals surface area contributed by atoms with Crippen molar-refractivity contribution in [1.82, 2.24) is 10.3 Å². The largest absolute Gasteiger partial charge is 0.351 e. The van der Waals surface area contributed by atoms with E-state index >= 15 is 0 Å². The van der Waals surface area contributed by atoms with E-state index in [1.165, 1.54) is 16.5 Å². The van der Waals surface area contributed by atoms with E-state index in [1.54, 1.807) is 0 Å². The van der Waals surface area contributed by atoms with Gasteiger partial charge in [-0.15, -0.1) is 0 Å². The molecule has 21 heavy (non-hydrogen) atoms. The zero-order valence-corrected chi connectivity index (χ0v) is 13.8. The summed E-state index contributed by atoms with van der Waals surface area (Å²) in [7, 11) is 1.97. The van der Waals surface area contributed by atoms with Crippen molar-refractivity contribution in [2.75, 3.05) is 24.2 Å². The first-order valence-corrected chi connectivity index (χ1v) is 8.67. The van der Waals surface area contributed by atoms with Crippen molar-refractivity contribution in [2.24, 2.45) is 0 Å². The van der Waals surface area contributed by atoms with Crippen LogP contribution in [-0.4, -0.2) is 35.6 Å². The van der Waals surface area contributed by atoms with E-state index < -0.39 is 0 Å². The Labute approximate surface area is 131 Å². The average molecular weight is 301 g/mol. The lowest BCUT2D eigenvalue weighted by Crippen LogP contribution is -2.45. The quantitative estimate of drug-likeness (QED) is 0.941. The SMILES string of the molecule is CNCc1cc2ccccc2c(N2CCSC(C)C2C)n1. The van der Waals surface area contributed by atoms with Crippen LogP contribution in [0.2, 0.25) is 0 Å². The Morgan fingerprint density at radius 1 is 1.33 bits per heavy atom. The highest BCUT2D eigenvalue weighted by Crippen LogP contribution is 2.32. The van der Waals surface area contributed by atoms with Gasteiger partial charge in [-0.1, -0.05) is 31.2 Å². The molecule has 3 rings (SSSR count). The Morgan fingerprint density at radius 3 is 2.95 bits per heavy atom. The molecule has 1 fully saturated rings. The highest BCUT2D eigenvalue weighted by molar-refractivity contribution is 8.00. The predicted molar refractivity (Wildman–Crippen MR) is 93.2 cm³/mol. The number of thioether (sulfide) groups is 1. The highest BCUT2D eigenvalue weighted by Gasteiger charge is 2.27. The molecule has 1 aliphatic heterocycles. The zero-order valence-electron chi connectivity index (χ0n) is 13.0. The van der Waals surface area contributed by atoms with Crippen LogP contribution in [0.3, 0.4) is 0 Å². The van der Waals surface area contributed by atoms with Crippen LogP contribution in [-0.2, 0) is 6.54 Å². The van der Waals surface area contributed by atoms with Crippen LogP contribution < -0.4 is 10.2 Å². The summed E-state index contributed by atoms with van der Waals surface area (Å²) in [6, 6.07) is 11.3. The number of hydrogen-bond donors (Lipinski definition) is 1. The topological polar surface area (TPSA) is 28.2 Å². The molecule has 0 aliphatic carbocycles. The standard InChI is InChI=1S/C17H23N3S/c1-12-13(2)21-9-8-20(12)17-16-7-5-4-6-14(16)10-15(19-17)11-18-3/h4-7,10,12-13,18H,8-9,11H2,1-3H3.